The van der Waals surface area contributed by atoms with Crippen molar-refractivity contribution in [2.45, 2.75) is 65.7 Å². The van der Waals surface area contributed by atoms with E-state index in [0.717, 1.165) is 62.6 Å². The summed E-state index contributed by atoms with van der Waals surface area (Å²) in [6.45, 7) is 16.6. The molecule has 0 aliphatic carbocycles. The number of aromatic nitrogens is 1. The third kappa shape index (κ3) is 12.2. The van der Waals surface area contributed by atoms with Gasteiger partial charge >= 0.3 is 0 Å². The minimum absolute atomic E-state index is 0.0270. The van der Waals surface area contributed by atoms with E-state index in [2.05, 4.69) is 96.5 Å². The predicted octanol–water partition coefficient (Wildman–Crippen LogP) is 10.3. The molecule has 312 valence electrons. The molecule has 9 heteroatoms. The van der Waals surface area contributed by atoms with Crippen molar-refractivity contribution in [1.82, 2.24) is 15.2 Å². The molecule has 2 unspecified atom stereocenters. The molecule has 1 N–H and O–H groups in total. The Balaban J connectivity index is 0.000000151. The fraction of sp³-hybridized carbons (Fsp3) is 0.400. The molecule has 8 nitrogen and oxygen atoms in total. The van der Waals surface area contributed by atoms with Crippen LogP contribution in [0.5, 0.6) is 11.5 Å². The number of nitrogens with one attached hydrogen (secondary N) is 1. The number of nitrogens with zero attached hydrogens (tertiary/aromatic N) is 3. The van der Waals surface area contributed by atoms with Crippen LogP contribution in [0.2, 0.25) is 5.02 Å². The Bertz CT molecular complexity index is 2080. The molecule has 5 aromatic rings. The smallest absolute Gasteiger partial charge is 0.165 e. The lowest BCUT2D eigenvalue weighted by Crippen LogP contribution is -2.47. The summed E-state index contributed by atoms with van der Waals surface area (Å²) < 4.78 is 18.0. The van der Waals surface area contributed by atoms with Gasteiger partial charge in [-0.25, -0.2) is 4.98 Å². The number of rotatable bonds is 9. The number of hydrogen-bond acceptors (Lipinski definition) is 8. The molecule has 4 heterocycles. The first-order valence-corrected chi connectivity index (χ1v) is 21.4. The van der Waals surface area contributed by atoms with E-state index in [1.807, 2.05) is 74.6 Å². The highest BCUT2D eigenvalue weighted by atomic mass is 35.5. The molecular formula is C50H61ClN4O4. The number of piperazine rings is 1. The molecule has 1 aromatic heterocycles. The van der Waals surface area contributed by atoms with Crippen molar-refractivity contribution in [3.05, 3.63) is 154 Å². The highest BCUT2D eigenvalue weighted by Crippen LogP contribution is 2.38. The van der Waals surface area contributed by atoms with Gasteiger partial charge in [0, 0.05) is 61.8 Å². The maximum atomic E-state index is 12.1. The van der Waals surface area contributed by atoms with Gasteiger partial charge in [-0.2, -0.15) is 0 Å². The van der Waals surface area contributed by atoms with Gasteiger partial charge in [0.1, 0.15) is 11.9 Å². The van der Waals surface area contributed by atoms with Crippen molar-refractivity contribution in [2.75, 3.05) is 57.9 Å². The minimum atomic E-state index is -0.175. The summed E-state index contributed by atoms with van der Waals surface area (Å²) in [5, 5.41) is 3.99. The largest absolute Gasteiger partial charge is 0.490 e. The second kappa shape index (κ2) is 21.0. The first-order valence-electron chi connectivity index (χ1n) is 21.0. The second-order valence-corrected chi connectivity index (χ2v) is 17.3. The Morgan fingerprint density at radius 3 is 2.37 bits per heavy atom. The molecule has 0 spiro atoms. The van der Waals surface area contributed by atoms with Crippen molar-refractivity contribution in [2.24, 2.45) is 11.3 Å². The zero-order chi connectivity index (χ0) is 41.8. The lowest BCUT2D eigenvalue weighted by Gasteiger charge is -2.41. The third-order valence-corrected chi connectivity index (χ3v) is 11.1. The van der Waals surface area contributed by atoms with Crippen LogP contribution in [0.1, 0.15) is 85.8 Å². The van der Waals surface area contributed by atoms with Crippen molar-refractivity contribution in [1.29, 1.82) is 0 Å². The number of morpholine rings is 1. The van der Waals surface area contributed by atoms with E-state index in [4.69, 9.17) is 25.8 Å². The number of pyridine rings is 1. The molecular weight excluding hydrogens is 756 g/mol. The molecule has 3 aliphatic rings. The average Bonchev–Trinajstić information content (AvgIpc) is 3.38. The first-order chi connectivity index (χ1) is 28.5. The van der Waals surface area contributed by atoms with Crippen LogP contribution in [-0.2, 0) is 11.2 Å². The quantitative estimate of drug-likeness (QED) is 0.148. The van der Waals surface area contributed by atoms with Gasteiger partial charge in [-0.3, -0.25) is 4.79 Å². The summed E-state index contributed by atoms with van der Waals surface area (Å²) in [5.41, 5.74) is 6.26. The number of anilines is 1. The van der Waals surface area contributed by atoms with E-state index in [9.17, 15) is 4.79 Å². The first kappa shape index (κ1) is 43.8. The van der Waals surface area contributed by atoms with Crippen molar-refractivity contribution >= 4 is 23.2 Å². The second-order valence-electron chi connectivity index (χ2n) is 16.8. The number of carbonyl (C=O) groups is 1. The summed E-state index contributed by atoms with van der Waals surface area (Å²) in [6, 6.07) is 38.7. The van der Waals surface area contributed by atoms with E-state index < -0.39 is 0 Å². The van der Waals surface area contributed by atoms with Crippen LogP contribution in [0.25, 0.3) is 0 Å². The number of ketones is 1. The topological polar surface area (TPSA) is 76.2 Å². The molecule has 8 rings (SSSR count). The Kier molecular flexibility index (Phi) is 15.6. The van der Waals surface area contributed by atoms with Crippen LogP contribution in [0, 0.1) is 11.3 Å². The maximum absolute atomic E-state index is 12.1. The fourth-order valence-electron chi connectivity index (χ4n) is 8.17. The minimum Gasteiger partial charge on any atom is -0.490 e. The van der Waals surface area contributed by atoms with E-state index in [0.29, 0.717) is 29.8 Å². The summed E-state index contributed by atoms with van der Waals surface area (Å²) in [4.78, 5) is 21.7. The number of ether oxygens (including phenoxy) is 3. The van der Waals surface area contributed by atoms with Crippen molar-refractivity contribution in [3.8, 4) is 11.5 Å². The molecule has 3 aliphatic heterocycles. The third-order valence-electron chi connectivity index (χ3n) is 10.8. The van der Waals surface area contributed by atoms with E-state index >= 15 is 0 Å². The molecule has 0 radical (unpaired) electrons. The maximum Gasteiger partial charge on any atom is 0.165 e. The van der Waals surface area contributed by atoms with Gasteiger partial charge in [0.2, 0.25) is 0 Å². The molecule has 4 aromatic carbocycles. The molecule has 0 amide bonds. The molecule has 0 saturated carbocycles. The molecule has 59 heavy (non-hydrogen) atoms. The SMILES string of the molecule is CC(CC(C)(C)C)C(=O)c1cccc(Cl)c1.CCOc1ccccc1O[C@@H](c1ccccc1)[C@@H]1CNCCO1.CN1CCN2c3ncccc3Cc3ccccc3C2C1. The van der Waals surface area contributed by atoms with Crippen molar-refractivity contribution < 1.29 is 19.0 Å². The number of carbonyl (C=O) groups excluding carboxylic acids is 1. The van der Waals surface area contributed by atoms with Gasteiger partial charge < -0.3 is 29.3 Å². The summed E-state index contributed by atoms with van der Waals surface area (Å²) in [6.07, 6.45) is 3.60. The molecule has 0 bridgehead atoms. The van der Waals surface area contributed by atoms with Crippen LogP contribution in [0.3, 0.4) is 0 Å². The molecule has 2 fully saturated rings. The summed E-state index contributed by atoms with van der Waals surface area (Å²) in [7, 11) is 2.21. The Morgan fingerprint density at radius 2 is 1.64 bits per heavy atom. The van der Waals surface area contributed by atoms with Gasteiger partial charge in [-0.1, -0.05) is 124 Å². The van der Waals surface area contributed by atoms with E-state index in [1.54, 1.807) is 12.1 Å². The Hall–Kier alpha value is -4.73. The van der Waals surface area contributed by atoms with Gasteiger partial charge in [0.15, 0.2) is 23.4 Å². The van der Waals surface area contributed by atoms with E-state index in [1.165, 1.54) is 22.5 Å². The van der Waals surface area contributed by atoms with Crippen LogP contribution < -0.4 is 19.7 Å². The van der Waals surface area contributed by atoms with Gasteiger partial charge in [0.25, 0.3) is 0 Å². The van der Waals surface area contributed by atoms with Crippen molar-refractivity contribution in [3.63, 3.8) is 0 Å². The number of fused-ring (bicyclic) bond motifs is 5. The number of halogens is 1. The number of benzene rings is 4. The van der Waals surface area contributed by atoms with Gasteiger partial charge in [-0.15, -0.1) is 0 Å². The number of hydrogen-bond donors (Lipinski definition) is 1. The number of para-hydroxylation sites is 2. The zero-order valence-corrected chi connectivity index (χ0v) is 36.3. The molecule has 4 atom stereocenters. The summed E-state index contributed by atoms with van der Waals surface area (Å²) >= 11 is 5.87. The normalized spacial score (nSPS) is 18.5. The lowest BCUT2D eigenvalue weighted by atomic mass is 9.82. The summed E-state index contributed by atoms with van der Waals surface area (Å²) in [5.74, 6) is 2.91. The van der Waals surface area contributed by atoms with Crippen LogP contribution in [0.15, 0.2) is 121 Å². The highest BCUT2D eigenvalue weighted by Gasteiger charge is 2.33. The highest BCUT2D eigenvalue weighted by molar-refractivity contribution is 6.31. The fourth-order valence-corrected chi connectivity index (χ4v) is 8.36. The number of likely N-dealkylation sites (N-methyl/N-ethyl adjacent to an activating group) is 1. The van der Waals surface area contributed by atoms with E-state index in [-0.39, 0.29) is 29.3 Å². The monoisotopic (exact) mass is 816 g/mol. The number of Topliss-reactive ketones (excluding diaryl/α,β-unsaturated/α-hetero) is 1. The standard InChI is InChI=1S/C19H23NO3.C17H19N3.C14H19ClO/c1-2-21-16-10-6-7-11-17(16)23-19(15-8-4-3-5-9-15)18-14-20-12-13-22-18;1-19-9-10-20-16(12-19)15-7-3-2-5-13(15)11-14-6-4-8-18-17(14)20;1-10(9-14(2,3)4)13(16)11-6-5-7-12(15)8-11/h3-11,18-20H,2,12-14H2,1H3;2-8,16H,9-12H2,1H3;5-8,10H,9H2,1-4H3/t18-,19-;;/m0../s1. The Labute approximate surface area is 356 Å². The average molecular weight is 818 g/mol. The lowest BCUT2D eigenvalue weighted by molar-refractivity contribution is -0.0439. The van der Waals surface area contributed by atoms with Crippen LogP contribution >= 0.6 is 11.6 Å². The van der Waals surface area contributed by atoms with Gasteiger partial charge in [0.05, 0.1) is 19.3 Å². The van der Waals surface area contributed by atoms with Crippen LogP contribution in [0.4, 0.5) is 5.82 Å². The predicted molar refractivity (Wildman–Crippen MR) is 240 cm³/mol. The zero-order valence-electron chi connectivity index (χ0n) is 35.6. The molecule has 2 saturated heterocycles. The van der Waals surface area contributed by atoms with Gasteiger partial charge in [-0.05, 0) is 78.4 Å². The Morgan fingerprint density at radius 1 is 0.915 bits per heavy atom. The van der Waals surface area contributed by atoms with Crippen LogP contribution in [-0.4, -0.2) is 74.8 Å².